The molecular weight excluding hydrogens is 234 g/mol. The van der Waals surface area contributed by atoms with Gasteiger partial charge in [-0.1, -0.05) is 18.2 Å². The van der Waals surface area contributed by atoms with E-state index in [0.717, 1.165) is 16.9 Å². The fourth-order valence-electron chi connectivity index (χ4n) is 1.93. The highest BCUT2D eigenvalue weighted by Gasteiger charge is 2.05. The smallest absolute Gasteiger partial charge is 0.0992 e. The van der Waals surface area contributed by atoms with Crippen molar-refractivity contribution in [1.29, 1.82) is 5.26 Å². The Bertz CT molecular complexity index is 594. The predicted octanol–water partition coefficient (Wildman–Crippen LogP) is 3.35. The van der Waals surface area contributed by atoms with E-state index in [2.05, 4.69) is 6.07 Å². The van der Waals surface area contributed by atoms with Gasteiger partial charge in [0.15, 0.2) is 0 Å². The fraction of sp³-hybridized carbons (Fsp3) is 0.188. The second-order valence-electron chi connectivity index (χ2n) is 4.60. The first-order valence-corrected chi connectivity index (χ1v) is 6.21. The standard InChI is InChI=1S/C16H17N3/c1-12(18)14-6-8-15(9-7-14)19(2)16-5-3-4-13(10-16)11-17/h3-10,12H,18H2,1-2H3/t12-/m0/s1. The van der Waals surface area contributed by atoms with Crippen LogP contribution in [0.25, 0.3) is 0 Å². The Morgan fingerprint density at radius 2 is 1.79 bits per heavy atom. The fourth-order valence-corrected chi connectivity index (χ4v) is 1.93. The molecule has 0 aliphatic heterocycles. The van der Waals surface area contributed by atoms with E-state index in [1.165, 1.54) is 0 Å². The predicted molar refractivity (Wildman–Crippen MR) is 78.3 cm³/mol. The maximum atomic E-state index is 8.93. The van der Waals surface area contributed by atoms with Crippen LogP contribution in [0.3, 0.4) is 0 Å². The van der Waals surface area contributed by atoms with E-state index in [4.69, 9.17) is 11.0 Å². The second kappa shape index (κ2) is 5.55. The largest absolute Gasteiger partial charge is 0.345 e. The molecule has 3 nitrogen and oxygen atoms in total. The van der Waals surface area contributed by atoms with Gasteiger partial charge < -0.3 is 10.6 Å². The van der Waals surface area contributed by atoms with Crippen LogP contribution in [0.15, 0.2) is 48.5 Å². The number of nitrogens with zero attached hydrogens (tertiary/aromatic N) is 2. The molecule has 1 atom stereocenters. The molecule has 0 aliphatic rings. The van der Waals surface area contributed by atoms with E-state index in [-0.39, 0.29) is 6.04 Å². The lowest BCUT2D eigenvalue weighted by atomic mass is 10.1. The van der Waals surface area contributed by atoms with E-state index < -0.39 is 0 Å². The third kappa shape index (κ3) is 2.93. The lowest BCUT2D eigenvalue weighted by Crippen LogP contribution is -2.10. The Balaban J connectivity index is 2.28. The molecule has 0 aromatic heterocycles. The van der Waals surface area contributed by atoms with Crippen LogP contribution < -0.4 is 10.6 Å². The molecule has 0 bridgehead atoms. The molecule has 0 saturated carbocycles. The van der Waals surface area contributed by atoms with Gasteiger partial charge in [0.1, 0.15) is 0 Å². The van der Waals surface area contributed by atoms with Crippen molar-refractivity contribution in [2.75, 3.05) is 11.9 Å². The molecule has 0 aliphatic carbocycles. The molecule has 2 aromatic rings. The normalized spacial score (nSPS) is 11.7. The molecule has 0 heterocycles. The number of nitrogens with two attached hydrogens (primary N) is 1. The van der Waals surface area contributed by atoms with Gasteiger partial charge in [-0.2, -0.15) is 5.26 Å². The highest BCUT2D eigenvalue weighted by Crippen LogP contribution is 2.25. The summed E-state index contributed by atoms with van der Waals surface area (Å²) in [7, 11) is 1.98. The highest BCUT2D eigenvalue weighted by molar-refractivity contribution is 5.64. The highest BCUT2D eigenvalue weighted by atomic mass is 15.1. The zero-order chi connectivity index (χ0) is 13.8. The summed E-state index contributed by atoms with van der Waals surface area (Å²) in [6.45, 7) is 1.97. The Kier molecular flexibility index (Phi) is 3.84. The van der Waals surface area contributed by atoms with Gasteiger partial charge in [-0.25, -0.2) is 0 Å². The van der Waals surface area contributed by atoms with Crippen LogP contribution in [-0.4, -0.2) is 7.05 Å². The van der Waals surface area contributed by atoms with Gasteiger partial charge >= 0.3 is 0 Å². The Hall–Kier alpha value is -2.31. The van der Waals surface area contributed by atoms with Crippen molar-refractivity contribution in [1.82, 2.24) is 0 Å². The van der Waals surface area contributed by atoms with Crippen molar-refractivity contribution in [3.05, 3.63) is 59.7 Å². The average molecular weight is 251 g/mol. The minimum atomic E-state index is 0.0428. The summed E-state index contributed by atoms with van der Waals surface area (Å²) in [4.78, 5) is 2.05. The van der Waals surface area contributed by atoms with E-state index in [1.807, 2.05) is 61.3 Å². The summed E-state index contributed by atoms with van der Waals surface area (Å²) in [6, 6.07) is 17.9. The Labute approximate surface area is 113 Å². The van der Waals surface area contributed by atoms with Crippen LogP contribution in [-0.2, 0) is 0 Å². The van der Waals surface area contributed by atoms with Crippen LogP contribution in [0.1, 0.15) is 24.1 Å². The van der Waals surface area contributed by atoms with E-state index in [1.54, 1.807) is 6.07 Å². The maximum Gasteiger partial charge on any atom is 0.0992 e. The molecule has 3 heteroatoms. The van der Waals surface area contributed by atoms with Crippen LogP contribution in [0, 0.1) is 11.3 Å². The molecule has 19 heavy (non-hydrogen) atoms. The van der Waals surface area contributed by atoms with Crippen molar-refractivity contribution in [3.63, 3.8) is 0 Å². The summed E-state index contributed by atoms with van der Waals surface area (Å²) in [5, 5.41) is 8.93. The number of benzene rings is 2. The van der Waals surface area contributed by atoms with Crippen LogP contribution >= 0.6 is 0 Å². The lowest BCUT2D eigenvalue weighted by Gasteiger charge is -2.20. The van der Waals surface area contributed by atoms with Crippen LogP contribution in [0.4, 0.5) is 11.4 Å². The third-order valence-corrected chi connectivity index (χ3v) is 3.17. The minimum absolute atomic E-state index is 0.0428. The SMILES string of the molecule is C[C@H](N)c1ccc(N(C)c2cccc(C#N)c2)cc1. The zero-order valence-corrected chi connectivity index (χ0v) is 11.2. The van der Waals surface area contributed by atoms with E-state index in [9.17, 15) is 0 Å². The molecule has 0 unspecified atom stereocenters. The van der Waals surface area contributed by atoms with E-state index in [0.29, 0.717) is 5.56 Å². The first-order chi connectivity index (χ1) is 9.11. The average Bonchev–Trinajstić information content (AvgIpc) is 2.46. The Morgan fingerprint density at radius 1 is 1.11 bits per heavy atom. The summed E-state index contributed by atoms with van der Waals surface area (Å²) in [5.74, 6) is 0. The molecule has 0 spiro atoms. The zero-order valence-electron chi connectivity index (χ0n) is 11.2. The van der Waals surface area contributed by atoms with Gasteiger partial charge in [-0.15, -0.1) is 0 Å². The monoisotopic (exact) mass is 251 g/mol. The maximum absolute atomic E-state index is 8.93. The van der Waals surface area contributed by atoms with Crippen molar-refractivity contribution in [3.8, 4) is 6.07 Å². The first-order valence-electron chi connectivity index (χ1n) is 6.21. The summed E-state index contributed by atoms with van der Waals surface area (Å²) < 4.78 is 0. The molecule has 0 amide bonds. The Morgan fingerprint density at radius 3 is 2.37 bits per heavy atom. The van der Waals surface area contributed by atoms with E-state index >= 15 is 0 Å². The number of anilines is 2. The summed E-state index contributed by atoms with van der Waals surface area (Å²) in [6.07, 6.45) is 0. The molecule has 2 aromatic carbocycles. The van der Waals surface area contributed by atoms with Gasteiger partial charge in [-0.3, -0.25) is 0 Å². The number of rotatable bonds is 3. The van der Waals surface area contributed by atoms with Crippen LogP contribution in [0.5, 0.6) is 0 Å². The molecule has 2 N–H and O–H groups in total. The molecule has 0 saturated heterocycles. The minimum Gasteiger partial charge on any atom is -0.345 e. The molecule has 96 valence electrons. The summed E-state index contributed by atoms with van der Waals surface area (Å²) in [5.41, 5.74) is 9.68. The van der Waals surface area contributed by atoms with Gasteiger partial charge in [0.25, 0.3) is 0 Å². The van der Waals surface area contributed by atoms with Gasteiger partial charge in [0.05, 0.1) is 11.6 Å². The molecule has 0 fully saturated rings. The number of nitriles is 1. The van der Waals surface area contributed by atoms with Gasteiger partial charge in [-0.05, 0) is 42.8 Å². The topological polar surface area (TPSA) is 53.0 Å². The lowest BCUT2D eigenvalue weighted by molar-refractivity contribution is 0.818. The second-order valence-corrected chi connectivity index (χ2v) is 4.60. The van der Waals surface area contributed by atoms with Gasteiger partial charge in [0, 0.05) is 24.5 Å². The van der Waals surface area contributed by atoms with Crippen molar-refractivity contribution < 1.29 is 0 Å². The third-order valence-electron chi connectivity index (χ3n) is 3.17. The number of hydrogen-bond donors (Lipinski definition) is 1. The molecular formula is C16H17N3. The van der Waals surface area contributed by atoms with Crippen molar-refractivity contribution in [2.24, 2.45) is 5.73 Å². The van der Waals surface area contributed by atoms with Crippen molar-refractivity contribution >= 4 is 11.4 Å². The van der Waals surface area contributed by atoms with Crippen LogP contribution in [0.2, 0.25) is 0 Å². The number of hydrogen-bond acceptors (Lipinski definition) is 3. The first kappa shape index (κ1) is 13.1. The quantitative estimate of drug-likeness (QED) is 0.910. The molecule has 2 rings (SSSR count). The molecule has 0 radical (unpaired) electrons. The van der Waals surface area contributed by atoms with Crippen molar-refractivity contribution in [2.45, 2.75) is 13.0 Å². The van der Waals surface area contributed by atoms with Gasteiger partial charge in [0.2, 0.25) is 0 Å². The summed E-state index contributed by atoms with van der Waals surface area (Å²) >= 11 is 0.